The van der Waals surface area contributed by atoms with Crippen LogP contribution in [-0.2, 0) is 9.53 Å². The minimum absolute atomic E-state index is 0.0603. The van der Waals surface area contributed by atoms with Crippen molar-refractivity contribution in [1.82, 2.24) is 10.2 Å². The van der Waals surface area contributed by atoms with Crippen molar-refractivity contribution < 1.29 is 13.9 Å². The fraction of sp³-hybridized carbons (Fsp3) is 0.611. The molecule has 2 atom stereocenters. The third-order valence-corrected chi connectivity index (χ3v) is 4.51. The van der Waals surface area contributed by atoms with E-state index >= 15 is 0 Å². The second-order valence-electron chi connectivity index (χ2n) is 7.29. The lowest BCUT2D eigenvalue weighted by molar-refractivity contribution is -0.128. The molecule has 4 nitrogen and oxygen atoms in total. The van der Waals surface area contributed by atoms with Crippen molar-refractivity contribution in [2.24, 2.45) is 5.41 Å². The first-order chi connectivity index (χ1) is 11.2. The van der Waals surface area contributed by atoms with Crippen LogP contribution >= 0.6 is 11.6 Å². The first-order valence-electron chi connectivity index (χ1n) is 8.28. The molecule has 2 rings (SSSR count). The average molecular weight is 357 g/mol. The summed E-state index contributed by atoms with van der Waals surface area (Å²) in [5.41, 5.74) is -0.0653. The molecular formula is C18H26ClFN2O2. The van der Waals surface area contributed by atoms with Crippen LogP contribution in [0.2, 0.25) is 5.02 Å². The van der Waals surface area contributed by atoms with E-state index in [4.69, 9.17) is 16.3 Å². The number of nitrogens with zero attached hydrogens (tertiary/aromatic N) is 1. The van der Waals surface area contributed by atoms with Gasteiger partial charge < -0.3 is 10.1 Å². The van der Waals surface area contributed by atoms with Crippen LogP contribution in [0.5, 0.6) is 0 Å². The fourth-order valence-corrected chi connectivity index (χ4v) is 3.11. The van der Waals surface area contributed by atoms with E-state index in [2.05, 4.69) is 10.2 Å². The third kappa shape index (κ3) is 4.68. The number of carbonyl (C=O) groups excluding carboxylic acids is 1. The molecule has 1 aromatic carbocycles. The molecule has 0 aliphatic carbocycles. The molecule has 0 spiro atoms. The number of benzene rings is 1. The molecule has 1 heterocycles. The van der Waals surface area contributed by atoms with Crippen LogP contribution in [0.3, 0.4) is 0 Å². The lowest BCUT2D eigenvalue weighted by Gasteiger charge is -2.38. The molecule has 1 saturated heterocycles. The van der Waals surface area contributed by atoms with Gasteiger partial charge in [0.05, 0.1) is 18.8 Å². The highest BCUT2D eigenvalue weighted by Gasteiger charge is 2.30. The lowest BCUT2D eigenvalue weighted by atomic mass is 9.95. The predicted molar refractivity (Wildman–Crippen MR) is 93.6 cm³/mol. The van der Waals surface area contributed by atoms with Gasteiger partial charge in [-0.2, -0.15) is 0 Å². The van der Waals surface area contributed by atoms with Crippen LogP contribution in [-0.4, -0.2) is 43.2 Å². The number of rotatable bonds is 4. The Balaban J connectivity index is 2.26. The van der Waals surface area contributed by atoms with Crippen molar-refractivity contribution >= 4 is 17.5 Å². The van der Waals surface area contributed by atoms with Crippen molar-refractivity contribution in [1.29, 1.82) is 0 Å². The molecule has 1 aliphatic heterocycles. The van der Waals surface area contributed by atoms with Crippen molar-refractivity contribution in [3.63, 3.8) is 0 Å². The van der Waals surface area contributed by atoms with Crippen molar-refractivity contribution in [3.05, 3.63) is 34.6 Å². The van der Waals surface area contributed by atoms with Crippen LogP contribution in [0.1, 0.15) is 39.3 Å². The number of amides is 1. The third-order valence-electron chi connectivity index (χ3n) is 4.18. The van der Waals surface area contributed by atoms with Crippen LogP contribution in [0.25, 0.3) is 0 Å². The molecule has 1 amide bonds. The number of hydrogen-bond donors (Lipinski definition) is 1. The van der Waals surface area contributed by atoms with Crippen LogP contribution in [0.15, 0.2) is 18.2 Å². The minimum atomic E-state index is -0.498. The molecule has 134 valence electrons. The number of halogens is 2. The standard InChI is InChI=1S/C18H26ClFN2O2/c1-12-11-22(8-9-24-12)15(10-21-17(23)18(2,3)4)16-13(19)6-5-7-14(16)20/h5-7,12,15H,8-11H2,1-4H3,(H,21,23). The van der Waals surface area contributed by atoms with E-state index in [-0.39, 0.29) is 23.9 Å². The molecule has 24 heavy (non-hydrogen) atoms. The maximum Gasteiger partial charge on any atom is 0.225 e. The van der Waals surface area contributed by atoms with Crippen molar-refractivity contribution in [2.75, 3.05) is 26.2 Å². The van der Waals surface area contributed by atoms with E-state index in [1.54, 1.807) is 12.1 Å². The number of nitrogens with one attached hydrogen (secondary N) is 1. The molecule has 1 aliphatic rings. The van der Waals surface area contributed by atoms with E-state index in [1.165, 1.54) is 6.07 Å². The zero-order chi connectivity index (χ0) is 17.9. The van der Waals surface area contributed by atoms with E-state index in [9.17, 15) is 9.18 Å². The highest BCUT2D eigenvalue weighted by Crippen LogP contribution is 2.31. The summed E-state index contributed by atoms with van der Waals surface area (Å²) in [5, 5.41) is 3.32. The SMILES string of the molecule is CC1CN(C(CNC(=O)C(C)(C)C)c2c(F)cccc2Cl)CCO1. The first-order valence-corrected chi connectivity index (χ1v) is 8.66. The van der Waals surface area contributed by atoms with Gasteiger partial charge in [0.25, 0.3) is 0 Å². The Morgan fingerprint density at radius 1 is 1.50 bits per heavy atom. The van der Waals surface area contributed by atoms with E-state index in [1.807, 2.05) is 27.7 Å². The summed E-state index contributed by atoms with van der Waals surface area (Å²) in [6.45, 7) is 9.77. The smallest absolute Gasteiger partial charge is 0.225 e. The number of morpholine rings is 1. The van der Waals surface area contributed by atoms with Gasteiger partial charge in [-0.05, 0) is 19.1 Å². The molecule has 0 aromatic heterocycles. The summed E-state index contributed by atoms with van der Waals surface area (Å²) in [6, 6.07) is 4.36. The summed E-state index contributed by atoms with van der Waals surface area (Å²) in [7, 11) is 0. The van der Waals surface area contributed by atoms with Gasteiger partial charge in [-0.15, -0.1) is 0 Å². The van der Waals surface area contributed by atoms with Gasteiger partial charge in [0, 0.05) is 35.6 Å². The maximum absolute atomic E-state index is 14.5. The van der Waals surface area contributed by atoms with Crippen LogP contribution in [0.4, 0.5) is 4.39 Å². The summed E-state index contributed by atoms with van der Waals surface area (Å²) in [4.78, 5) is 14.4. The lowest BCUT2D eigenvalue weighted by Crippen LogP contribution is -2.48. The van der Waals surface area contributed by atoms with Gasteiger partial charge >= 0.3 is 0 Å². The summed E-state index contributed by atoms with van der Waals surface area (Å²) in [6.07, 6.45) is 0.0603. The minimum Gasteiger partial charge on any atom is -0.376 e. The van der Waals surface area contributed by atoms with Crippen molar-refractivity contribution in [2.45, 2.75) is 39.8 Å². The highest BCUT2D eigenvalue weighted by atomic mass is 35.5. The topological polar surface area (TPSA) is 41.6 Å². The number of ether oxygens (including phenoxy) is 1. The first kappa shape index (κ1) is 19.2. The number of carbonyl (C=O) groups is 1. The Morgan fingerprint density at radius 2 is 2.21 bits per heavy atom. The quantitative estimate of drug-likeness (QED) is 0.899. The largest absolute Gasteiger partial charge is 0.376 e. The summed E-state index contributed by atoms with van der Waals surface area (Å²) in [5.74, 6) is -0.419. The van der Waals surface area contributed by atoms with Crippen LogP contribution < -0.4 is 5.32 Å². The van der Waals surface area contributed by atoms with E-state index in [0.717, 1.165) is 0 Å². The molecular weight excluding hydrogens is 331 g/mol. The molecule has 6 heteroatoms. The molecule has 1 N–H and O–H groups in total. The van der Waals surface area contributed by atoms with Gasteiger partial charge in [0.15, 0.2) is 0 Å². The van der Waals surface area contributed by atoms with E-state index < -0.39 is 5.41 Å². The fourth-order valence-electron chi connectivity index (χ4n) is 2.83. The molecule has 0 radical (unpaired) electrons. The Morgan fingerprint density at radius 3 is 2.79 bits per heavy atom. The second kappa shape index (κ2) is 7.81. The van der Waals surface area contributed by atoms with E-state index in [0.29, 0.717) is 36.8 Å². The normalized spacial score (nSPS) is 20.7. The molecule has 1 fully saturated rings. The maximum atomic E-state index is 14.5. The van der Waals surface area contributed by atoms with Gasteiger partial charge in [0.1, 0.15) is 5.82 Å². The molecule has 0 saturated carbocycles. The Bertz CT molecular complexity index is 569. The van der Waals surface area contributed by atoms with Gasteiger partial charge in [-0.25, -0.2) is 4.39 Å². The zero-order valence-corrected chi connectivity index (χ0v) is 15.5. The molecule has 2 unspecified atom stereocenters. The predicted octanol–water partition coefficient (Wildman–Crippen LogP) is 3.40. The second-order valence-corrected chi connectivity index (χ2v) is 7.69. The number of hydrogen-bond acceptors (Lipinski definition) is 3. The van der Waals surface area contributed by atoms with Crippen molar-refractivity contribution in [3.8, 4) is 0 Å². The average Bonchev–Trinajstić information content (AvgIpc) is 2.48. The Kier molecular flexibility index (Phi) is 6.23. The molecule has 1 aromatic rings. The van der Waals surface area contributed by atoms with Gasteiger partial charge in [-0.3, -0.25) is 9.69 Å². The van der Waals surface area contributed by atoms with Crippen LogP contribution in [0, 0.1) is 11.2 Å². The Hall–Kier alpha value is -1.17. The summed E-state index contributed by atoms with van der Waals surface area (Å²) < 4.78 is 20.0. The molecule has 0 bridgehead atoms. The highest BCUT2D eigenvalue weighted by molar-refractivity contribution is 6.31. The summed E-state index contributed by atoms with van der Waals surface area (Å²) >= 11 is 6.27. The van der Waals surface area contributed by atoms with Gasteiger partial charge in [-0.1, -0.05) is 38.4 Å². The monoisotopic (exact) mass is 356 g/mol. The zero-order valence-electron chi connectivity index (χ0n) is 14.7. The van der Waals surface area contributed by atoms with Gasteiger partial charge in [0.2, 0.25) is 5.91 Å². The Labute approximate surface area is 148 Å².